The van der Waals surface area contributed by atoms with Gasteiger partial charge in [0.2, 0.25) is 5.95 Å². The maximum atomic E-state index is 11.7. The van der Waals surface area contributed by atoms with Crippen molar-refractivity contribution in [3.8, 4) is 5.75 Å². The Kier molecular flexibility index (Phi) is 3.20. The molecule has 6 heteroatoms. The van der Waals surface area contributed by atoms with Crippen molar-refractivity contribution in [2.24, 2.45) is 0 Å². The van der Waals surface area contributed by atoms with Crippen LogP contribution in [0.1, 0.15) is 10.5 Å². The summed E-state index contributed by atoms with van der Waals surface area (Å²) in [5, 5.41) is 0.484. The second kappa shape index (κ2) is 4.80. The van der Waals surface area contributed by atoms with E-state index < -0.39 is 5.97 Å². The van der Waals surface area contributed by atoms with Gasteiger partial charge in [-0.05, 0) is 24.3 Å². The van der Waals surface area contributed by atoms with Gasteiger partial charge in [0.25, 0.3) is 0 Å². The normalized spacial score (nSPS) is 9.94. The van der Waals surface area contributed by atoms with Gasteiger partial charge in [0, 0.05) is 11.2 Å². The lowest BCUT2D eigenvalue weighted by Crippen LogP contribution is -2.12. The SMILES string of the molecule is Nc1nccc(C(=O)Oc2cccc(Cl)c2)n1. The van der Waals surface area contributed by atoms with Crippen LogP contribution in [0.15, 0.2) is 36.5 Å². The number of carbonyl (C=O) groups is 1. The molecule has 0 aliphatic heterocycles. The van der Waals surface area contributed by atoms with Crippen LogP contribution in [0, 0.1) is 0 Å². The molecule has 17 heavy (non-hydrogen) atoms. The number of benzene rings is 1. The summed E-state index contributed by atoms with van der Waals surface area (Å²) in [5.74, 6) is -0.244. The van der Waals surface area contributed by atoms with E-state index in [-0.39, 0.29) is 11.6 Å². The van der Waals surface area contributed by atoms with Crippen LogP contribution in [-0.2, 0) is 0 Å². The molecule has 0 aliphatic rings. The third-order valence-electron chi connectivity index (χ3n) is 1.89. The van der Waals surface area contributed by atoms with Gasteiger partial charge in [-0.15, -0.1) is 0 Å². The molecule has 1 aromatic carbocycles. The molecule has 0 aliphatic carbocycles. The Hall–Kier alpha value is -2.14. The molecule has 0 saturated carbocycles. The van der Waals surface area contributed by atoms with E-state index in [0.29, 0.717) is 10.8 Å². The highest BCUT2D eigenvalue weighted by Crippen LogP contribution is 2.18. The van der Waals surface area contributed by atoms with Crippen LogP contribution in [0.4, 0.5) is 5.95 Å². The highest BCUT2D eigenvalue weighted by Gasteiger charge is 2.10. The van der Waals surface area contributed by atoms with Crippen molar-refractivity contribution in [1.82, 2.24) is 9.97 Å². The Labute approximate surface area is 102 Å². The zero-order valence-corrected chi connectivity index (χ0v) is 9.39. The average molecular weight is 250 g/mol. The molecule has 0 radical (unpaired) electrons. The van der Waals surface area contributed by atoms with Crippen LogP contribution in [-0.4, -0.2) is 15.9 Å². The minimum atomic E-state index is -0.610. The Morgan fingerprint density at radius 3 is 2.88 bits per heavy atom. The number of aromatic nitrogens is 2. The number of hydrogen-bond acceptors (Lipinski definition) is 5. The lowest BCUT2D eigenvalue weighted by molar-refractivity contribution is 0.0728. The molecule has 2 aromatic rings. The number of anilines is 1. The van der Waals surface area contributed by atoms with E-state index in [0.717, 1.165) is 0 Å². The monoisotopic (exact) mass is 249 g/mol. The van der Waals surface area contributed by atoms with Crippen molar-refractivity contribution >= 4 is 23.5 Å². The highest BCUT2D eigenvalue weighted by molar-refractivity contribution is 6.30. The van der Waals surface area contributed by atoms with Crippen LogP contribution in [0.3, 0.4) is 0 Å². The van der Waals surface area contributed by atoms with Crippen molar-refractivity contribution in [3.05, 3.63) is 47.2 Å². The smallest absolute Gasteiger partial charge is 0.362 e. The summed E-state index contributed by atoms with van der Waals surface area (Å²) < 4.78 is 5.07. The van der Waals surface area contributed by atoms with E-state index in [2.05, 4.69) is 9.97 Å². The van der Waals surface area contributed by atoms with Gasteiger partial charge < -0.3 is 10.5 Å². The van der Waals surface area contributed by atoms with Crippen LogP contribution in [0.25, 0.3) is 0 Å². The number of nitrogen functional groups attached to an aromatic ring is 1. The fraction of sp³-hybridized carbons (Fsp3) is 0. The Balaban J connectivity index is 2.17. The first kappa shape index (κ1) is 11.3. The van der Waals surface area contributed by atoms with Crippen LogP contribution >= 0.6 is 11.6 Å². The van der Waals surface area contributed by atoms with E-state index in [4.69, 9.17) is 22.1 Å². The van der Waals surface area contributed by atoms with Crippen LogP contribution < -0.4 is 10.5 Å². The predicted molar refractivity (Wildman–Crippen MR) is 62.9 cm³/mol. The van der Waals surface area contributed by atoms with Gasteiger partial charge in [-0.25, -0.2) is 14.8 Å². The van der Waals surface area contributed by atoms with E-state index in [1.54, 1.807) is 18.2 Å². The van der Waals surface area contributed by atoms with Gasteiger partial charge in [-0.3, -0.25) is 0 Å². The van der Waals surface area contributed by atoms with E-state index in [9.17, 15) is 4.79 Å². The third kappa shape index (κ3) is 2.92. The maximum absolute atomic E-state index is 11.7. The Bertz CT molecular complexity index is 560. The van der Waals surface area contributed by atoms with E-state index in [1.807, 2.05) is 0 Å². The molecular formula is C11H8ClN3O2. The van der Waals surface area contributed by atoms with Gasteiger partial charge in [0.15, 0.2) is 5.69 Å². The number of nitrogens with zero attached hydrogens (tertiary/aromatic N) is 2. The summed E-state index contributed by atoms with van der Waals surface area (Å²) in [6.45, 7) is 0. The lowest BCUT2D eigenvalue weighted by atomic mass is 10.3. The van der Waals surface area contributed by atoms with Gasteiger partial charge in [0.05, 0.1) is 0 Å². The minimum absolute atomic E-state index is 0.0190. The Morgan fingerprint density at radius 1 is 1.35 bits per heavy atom. The largest absolute Gasteiger partial charge is 0.422 e. The molecule has 0 unspecified atom stereocenters. The quantitative estimate of drug-likeness (QED) is 0.650. The topological polar surface area (TPSA) is 78.1 Å². The lowest BCUT2D eigenvalue weighted by Gasteiger charge is -2.03. The van der Waals surface area contributed by atoms with E-state index in [1.165, 1.54) is 18.3 Å². The fourth-order valence-corrected chi connectivity index (χ4v) is 1.36. The molecule has 2 N–H and O–H groups in total. The molecule has 0 saturated heterocycles. The van der Waals surface area contributed by atoms with Crippen molar-refractivity contribution in [3.63, 3.8) is 0 Å². The zero-order chi connectivity index (χ0) is 12.3. The number of ether oxygens (including phenoxy) is 1. The zero-order valence-electron chi connectivity index (χ0n) is 8.63. The summed E-state index contributed by atoms with van der Waals surface area (Å²) in [7, 11) is 0. The first-order valence-corrected chi connectivity index (χ1v) is 5.09. The third-order valence-corrected chi connectivity index (χ3v) is 2.13. The molecule has 1 heterocycles. The summed E-state index contributed by atoms with van der Waals surface area (Å²) in [4.78, 5) is 19.1. The molecule has 0 atom stereocenters. The molecule has 0 bridgehead atoms. The maximum Gasteiger partial charge on any atom is 0.362 e. The van der Waals surface area contributed by atoms with Crippen LogP contribution in [0.2, 0.25) is 5.02 Å². The highest BCUT2D eigenvalue weighted by atomic mass is 35.5. The molecule has 0 fully saturated rings. The Morgan fingerprint density at radius 2 is 2.18 bits per heavy atom. The molecule has 0 spiro atoms. The summed E-state index contributed by atoms with van der Waals surface area (Å²) in [6, 6.07) is 7.93. The molecule has 1 aromatic heterocycles. The first-order valence-electron chi connectivity index (χ1n) is 4.71. The van der Waals surface area contributed by atoms with E-state index >= 15 is 0 Å². The number of carbonyl (C=O) groups excluding carboxylic acids is 1. The number of rotatable bonds is 2. The van der Waals surface area contributed by atoms with Gasteiger partial charge in [-0.2, -0.15) is 0 Å². The molecule has 2 rings (SSSR count). The number of nitrogens with two attached hydrogens (primary N) is 1. The summed E-state index contributed by atoms with van der Waals surface area (Å²) in [5.41, 5.74) is 5.46. The first-order chi connectivity index (χ1) is 8.15. The second-order valence-corrected chi connectivity index (χ2v) is 3.58. The fourth-order valence-electron chi connectivity index (χ4n) is 1.18. The van der Waals surface area contributed by atoms with Crippen molar-refractivity contribution < 1.29 is 9.53 Å². The van der Waals surface area contributed by atoms with Crippen LogP contribution in [0.5, 0.6) is 5.75 Å². The van der Waals surface area contributed by atoms with Gasteiger partial charge >= 0.3 is 5.97 Å². The van der Waals surface area contributed by atoms with Gasteiger partial charge in [0.1, 0.15) is 5.75 Å². The second-order valence-electron chi connectivity index (χ2n) is 3.15. The number of hydrogen-bond donors (Lipinski definition) is 1. The molecule has 5 nitrogen and oxygen atoms in total. The van der Waals surface area contributed by atoms with Crippen molar-refractivity contribution in [2.45, 2.75) is 0 Å². The molecular weight excluding hydrogens is 242 g/mol. The standard InChI is InChI=1S/C11H8ClN3O2/c12-7-2-1-3-8(6-7)17-10(16)9-4-5-14-11(13)15-9/h1-6H,(H2,13,14,15). The minimum Gasteiger partial charge on any atom is -0.422 e. The van der Waals surface area contributed by atoms with Crippen molar-refractivity contribution in [1.29, 1.82) is 0 Å². The molecule has 0 amide bonds. The number of halogens is 1. The van der Waals surface area contributed by atoms with Crippen molar-refractivity contribution in [2.75, 3.05) is 5.73 Å². The average Bonchev–Trinajstić information content (AvgIpc) is 2.29. The molecule has 86 valence electrons. The summed E-state index contributed by atoms with van der Waals surface area (Å²) >= 11 is 5.76. The summed E-state index contributed by atoms with van der Waals surface area (Å²) in [6.07, 6.45) is 1.39. The van der Waals surface area contributed by atoms with Gasteiger partial charge in [-0.1, -0.05) is 17.7 Å². The predicted octanol–water partition coefficient (Wildman–Crippen LogP) is 1.93. The number of esters is 1.